The molecule has 3 rings (SSSR count). The van der Waals surface area contributed by atoms with Crippen molar-refractivity contribution in [1.29, 1.82) is 0 Å². The van der Waals surface area contributed by atoms with E-state index in [1.807, 2.05) is 30.9 Å². The number of aromatic nitrogens is 3. The van der Waals surface area contributed by atoms with Crippen LogP contribution < -0.4 is 5.32 Å². The normalized spacial score (nSPS) is 11.2. The Balaban J connectivity index is 2.24. The Kier molecular flexibility index (Phi) is 3.24. The van der Waals surface area contributed by atoms with E-state index in [1.54, 1.807) is 0 Å². The number of rotatable bonds is 3. The second kappa shape index (κ2) is 5.06. The number of imidazole rings is 1. The van der Waals surface area contributed by atoms with Crippen molar-refractivity contribution in [1.82, 2.24) is 19.9 Å². The monoisotopic (exact) mass is 266 g/mol. The van der Waals surface area contributed by atoms with E-state index in [2.05, 4.69) is 41.5 Å². The predicted octanol–water partition coefficient (Wildman–Crippen LogP) is 2.76. The van der Waals surface area contributed by atoms with Crippen LogP contribution in [0.1, 0.15) is 17.0 Å². The molecule has 2 aromatic heterocycles. The van der Waals surface area contributed by atoms with Crippen molar-refractivity contribution in [2.24, 2.45) is 0 Å². The first-order valence-corrected chi connectivity index (χ1v) is 6.75. The summed E-state index contributed by atoms with van der Waals surface area (Å²) in [6.07, 6.45) is 1.84. The molecule has 0 unspecified atom stereocenters. The number of nitrogens with zero attached hydrogens (tertiary/aromatic N) is 3. The van der Waals surface area contributed by atoms with E-state index in [0.29, 0.717) is 0 Å². The number of hydrogen-bond donors (Lipinski definition) is 1. The van der Waals surface area contributed by atoms with Gasteiger partial charge in [-0.3, -0.25) is 4.57 Å². The molecule has 0 radical (unpaired) electrons. The summed E-state index contributed by atoms with van der Waals surface area (Å²) in [6.45, 7) is 4.90. The molecule has 2 heterocycles. The summed E-state index contributed by atoms with van der Waals surface area (Å²) in [7, 11) is 1.96. The van der Waals surface area contributed by atoms with Gasteiger partial charge in [0.05, 0.1) is 11.2 Å². The van der Waals surface area contributed by atoms with Crippen LogP contribution in [0.4, 0.5) is 0 Å². The van der Waals surface area contributed by atoms with Gasteiger partial charge in [0.15, 0.2) is 0 Å². The van der Waals surface area contributed by atoms with Crippen molar-refractivity contribution in [3.63, 3.8) is 0 Å². The summed E-state index contributed by atoms with van der Waals surface area (Å²) >= 11 is 0. The third-order valence-corrected chi connectivity index (χ3v) is 3.65. The molecule has 3 aromatic rings. The summed E-state index contributed by atoms with van der Waals surface area (Å²) in [6, 6.07) is 10.4. The van der Waals surface area contributed by atoms with E-state index >= 15 is 0 Å². The first kappa shape index (κ1) is 12.8. The van der Waals surface area contributed by atoms with Crippen LogP contribution in [0.15, 0.2) is 36.7 Å². The molecule has 0 aliphatic heterocycles. The Hall–Kier alpha value is -2.20. The molecule has 0 saturated heterocycles. The summed E-state index contributed by atoms with van der Waals surface area (Å²) in [5, 5.41) is 4.42. The molecule has 0 saturated carbocycles. The maximum atomic E-state index is 4.76. The molecule has 1 N–H and O–H groups in total. The first-order chi connectivity index (χ1) is 9.70. The fourth-order valence-electron chi connectivity index (χ4n) is 2.42. The van der Waals surface area contributed by atoms with Crippen LogP contribution in [0.2, 0.25) is 0 Å². The Morgan fingerprint density at radius 1 is 1.20 bits per heavy atom. The Morgan fingerprint density at radius 2 is 2.00 bits per heavy atom. The molecular weight excluding hydrogens is 248 g/mol. The van der Waals surface area contributed by atoms with Crippen molar-refractivity contribution < 1.29 is 0 Å². The fourth-order valence-corrected chi connectivity index (χ4v) is 2.42. The summed E-state index contributed by atoms with van der Waals surface area (Å²) < 4.78 is 2.04. The van der Waals surface area contributed by atoms with Crippen molar-refractivity contribution in [3.8, 4) is 5.82 Å². The maximum Gasteiger partial charge on any atom is 0.139 e. The molecule has 0 aliphatic rings. The third-order valence-electron chi connectivity index (χ3n) is 3.65. The van der Waals surface area contributed by atoms with Crippen LogP contribution in [0.25, 0.3) is 16.7 Å². The zero-order chi connectivity index (χ0) is 14.1. The lowest BCUT2D eigenvalue weighted by Gasteiger charge is -2.11. The fraction of sp³-hybridized carbons (Fsp3) is 0.250. The molecule has 4 nitrogen and oxygen atoms in total. The molecule has 1 aromatic carbocycles. The molecular formula is C16H18N4. The van der Waals surface area contributed by atoms with E-state index in [1.165, 1.54) is 10.9 Å². The van der Waals surface area contributed by atoms with Gasteiger partial charge >= 0.3 is 0 Å². The second-order valence-corrected chi connectivity index (χ2v) is 4.97. The van der Waals surface area contributed by atoms with Crippen LogP contribution in [0.3, 0.4) is 0 Å². The molecule has 0 amide bonds. The molecule has 102 valence electrons. The highest BCUT2D eigenvalue weighted by Gasteiger charge is 2.09. The van der Waals surface area contributed by atoms with Crippen LogP contribution in [-0.4, -0.2) is 21.6 Å². The average molecular weight is 266 g/mol. The highest BCUT2D eigenvalue weighted by molar-refractivity contribution is 5.83. The highest BCUT2D eigenvalue weighted by Crippen LogP contribution is 2.21. The van der Waals surface area contributed by atoms with Gasteiger partial charge in [-0.15, -0.1) is 0 Å². The largest absolute Gasteiger partial charge is 0.316 e. The lowest BCUT2D eigenvalue weighted by atomic mass is 10.1. The molecule has 0 bridgehead atoms. The van der Waals surface area contributed by atoms with E-state index in [0.717, 1.165) is 29.3 Å². The molecule has 4 heteroatoms. The zero-order valence-electron chi connectivity index (χ0n) is 12.0. The lowest BCUT2D eigenvalue weighted by molar-refractivity contribution is 0.819. The van der Waals surface area contributed by atoms with Crippen molar-refractivity contribution in [2.75, 3.05) is 7.05 Å². The van der Waals surface area contributed by atoms with Gasteiger partial charge in [0, 0.05) is 17.6 Å². The van der Waals surface area contributed by atoms with Gasteiger partial charge in [0.1, 0.15) is 12.1 Å². The Bertz CT molecular complexity index is 758. The molecule has 0 spiro atoms. The maximum absolute atomic E-state index is 4.76. The summed E-state index contributed by atoms with van der Waals surface area (Å²) in [5.74, 6) is 0.923. The van der Waals surface area contributed by atoms with E-state index < -0.39 is 0 Å². The smallest absolute Gasteiger partial charge is 0.139 e. The van der Waals surface area contributed by atoms with Gasteiger partial charge < -0.3 is 5.32 Å². The number of aryl methyl sites for hydroxylation is 1. The van der Waals surface area contributed by atoms with Gasteiger partial charge in [-0.2, -0.15) is 0 Å². The average Bonchev–Trinajstić information content (AvgIpc) is 2.79. The lowest BCUT2D eigenvalue weighted by Crippen LogP contribution is -2.08. The minimum atomic E-state index is 0.822. The van der Waals surface area contributed by atoms with E-state index in [4.69, 9.17) is 4.98 Å². The van der Waals surface area contributed by atoms with Gasteiger partial charge in [-0.05, 0) is 38.6 Å². The highest BCUT2D eigenvalue weighted by atomic mass is 15.1. The molecule has 0 fully saturated rings. The SMILES string of the molecule is CNCc1cc(-n2cnc(C)c2C)nc2ccccc12. The minimum absolute atomic E-state index is 0.822. The van der Waals surface area contributed by atoms with Crippen LogP contribution in [0, 0.1) is 13.8 Å². The number of para-hydroxylation sites is 1. The quantitative estimate of drug-likeness (QED) is 0.792. The predicted molar refractivity (Wildman–Crippen MR) is 81.1 cm³/mol. The number of fused-ring (bicyclic) bond motifs is 1. The number of benzene rings is 1. The third kappa shape index (κ3) is 2.08. The zero-order valence-corrected chi connectivity index (χ0v) is 12.0. The Morgan fingerprint density at radius 3 is 2.70 bits per heavy atom. The van der Waals surface area contributed by atoms with Crippen molar-refractivity contribution >= 4 is 10.9 Å². The molecule has 20 heavy (non-hydrogen) atoms. The van der Waals surface area contributed by atoms with E-state index in [-0.39, 0.29) is 0 Å². The molecule has 0 atom stereocenters. The Labute approximate surface area is 118 Å². The number of nitrogens with one attached hydrogen (secondary N) is 1. The first-order valence-electron chi connectivity index (χ1n) is 6.75. The van der Waals surface area contributed by atoms with Gasteiger partial charge in [-0.1, -0.05) is 18.2 Å². The molecule has 0 aliphatic carbocycles. The number of pyridine rings is 1. The van der Waals surface area contributed by atoms with Crippen LogP contribution in [-0.2, 0) is 6.54 Å². The van der Waals surface area contributed by atoms with E-state index in [9.17, 15) is 0 Å². The summed E-state index contributed by atoms with van der Waals surface area (Å²) in [5.41, 5.74) is 4.43. The van der Waals surface area contributed by atoms with Gasteiger partial charge in [0.25, 0.3) is 0 Å². The summed E-state index contributed by atoms with van der Waals surface area (Å²) in [4.78, 5) is 9.11. The standard InChI is InChI=1S/C16H18N4/c1-11-12(2)20(10-18-11)16-8-13(9-17-3)14-6-4-5-7-15(14)19-16/h4-8,10,17H,9H2,1-3H3. The van der Waals surface area contributed by atoms with Crippen LogP contribution in [0.5, 0.6) is 0 Å². The van der Waals surface area contributed by atoms with Crippen molar-refractivity contribution in [3.05, 3.63) is 53.6 Å². The van der Waals surface area contributed by atoms with Crippen LogP contribution >= 0.6 is 0 Å². The number of hydrogen-bond acceptors (Lipinski definition) is 3. The van der Waals surface area contributed by atoms with Gasteiger partial charge in [-0.25, -0.2) is 9.97 Å². The topological polar surface area (TPSA) is 42.7 Å². The van der Waals surface area contributed by atoms with Crippen molar-refractivity contribution in [2.45, 2.75) is 20.4 Å². The van der Waals surface area contributed by atoms with Gasteiger partial charge in [0.2, 0.25) is 0 Å². The minimum Gasteiger partial charge on any atom is -0.316 e. The second-order valence-electron chi connectivity index (χ2n) is 4.97.